The van der Waals surface area contributed by atoms with Crippen molar-refractivity contribution in [3.63, 3.8) is 0 Å². The van der Waals surface area contributed by atoms with Crippen molar-refractivity contribution < 1.29 is 0 Å². The minimum atomic E-state index is 0.395. The third kappa shape index (κ3) is 2.42. The Morgan fingerprint density at radius 3 is 1.94 bits per heavy atom. The molecule has 0 bridgehead atoms. The van der Waals surface area contributed by atoms with Crippen molar-refractivity contribution in [3.8, 4) is 0 Å². The minimum absolute atomic E-state index is 0.395. The second kappa shape index (κ2) is 5.48. The van der Waals surface area contributed by atoms with Crippen LogP contribution in [-0.2, 0) is 0 Å². The molecule has 0 amide bonds. The quantitative estimate of drug-likeness (QED) is 0.751. The minimum Gasteiger partial charge on any atom is -0.363 e. The van der Waals surface area contributed by atoms with Gasteiger partial charge in [-0.1, -0.05) is 11.6 Å². The molecule has 1 saturated heterocycles. The van der Waals surface area contributed by atoms with E-state index >= 15 is 0 Å². The number of benzene rings is 1. The highest BCUT2D eigenvalue weighted by Gasteiger charge is 2.32. The third-order valence-electron chi connectivity index (χ3n) is 3.10. The predicted octanol–water partition coefficient (Wildman–Crippen LogP) is 4.16. The molecule has 0 saturated carbocycles. The lowest BCUT2D eigenvalue weighted by Crippen LogP contribution is -2.38. The van der Waals surface area contributed by atoms with Crippen LogP contribution in [0.3, 0.4) is 0 Å². The van der Waals surface area contributed by atoms with E-state index in [0.717, 1.165) is 17.9 Å². The van der Waals surface area contributed by atoms with Crippen molar-refractivity contribution in [3.05, 3.63) is 29.3 Å². The summed E-state index contributed by atoms with van der Waals surface area (Å²) < 4.78 is 0. The van der Waals surface area contributed by atoms with Crippen LogP contribution in [0.25, 0.3) is 0 Å². The van der Waals surface area contributed by atoms with Gasteiger partial charge in [0.2, 0.25) is 0 Å². The molecule has 2 unspecified atom stereocenters. The van der Waals surface area contributed by atoms with Gasteiger partial charge < -0.3 is 4.90 Å². The average molecular weight is 279 g/mol. The van der Waals surface area contributed by atoms with Gasteiger partial charge in [0.1, 0.15) is 0 Å². The molecule has 88 valence electrons. The molecule has 1 aromatic carbocycles. The van der Waals surface area contributed by atoms with E-state index in [9.17, 15) is 0 Å². The van der Waals surface area contributed by atoms with Crippen molar-refractivity contribution in [2.24, 2.45) is 0 Å². The maximum atomic E-state index is 6.00. The normalized spacial score (nSPS) is 25.1. The molecule has 0 radical (unpaired) electrons. The molecule has 0 spiro atoms. The van der Waals surface area contributed by atoms with E-state index < -0.39 is 0 Å². The van der Waals surface area contributed by atoms with Crippen LogP contribution in [0, 0.1) is 0 Å². The molecule has 0 N–H and O–H groups in total. The zero-order valence-corrected chi connectivity index (χ0v) is 11.1. The second-order valence-corrected chi connectivity index (χ2v) is 5.13. The fourth-order valence-corrected chi connectivity index (χ4v) is 3.03. The monoisotopic (exact) mass is 277 g/mol. The zero-order chi connectivity index (χ0) is 11.5. The summed E-state index contributed by atoms with van der Waals surface area (Å²) in [5.41, 5.74) is 1.17. The van der Waals surface area contributed by atoms with Crippen molar-refractivity contribution in [1.29, 1.82) is 0 Å². The molecular weight excluding hydrogens is 264 g/mol. The molecule has 16 heavy (non-hydrogen) atoms. The molecule has 0 aromatic heterocycles. The summed E-state index contributed by atoms with van der Waals surface area (Å²) in [7, 11) is 0. The number of rotatable bonds is 3. The van der Waals surface area contributed by atoms with Gasteiger partial charge in [0.15, 0.2) is 0 Å². The molecule has 1 nitrogen and oxygen atoms in total. The molecule has 1 aromatic rings. The first-order valence-corrected chi connectivity index (χ1v) is 6.86. The number of hydrogen-bond acceptors (Lipinski definition) is 1. The van der Waals surface area contributed by atoms with Crippen LogP contribution < -0.4 is 4.90 Å². The molecule has 0 aliphatic carbocycles. The van der Waals surface area contributed by atoms with Crippen LogP contribution in [0.15, 0.2) is 24.3 Å². The van der Waals surface area contributed by atoms with E-state index in [1.54, 1.807) is 0 Å². The SMILES string of the molecule is ClCC1CCC(CCl)N1c1ccc(Cl)cc1. The van der Waals surface area contributed by atoms with Crippen LogP contribution in [0.2, 0.25) is 5.02 Å². The van der Waals surface area contributed by atoms with Gasteiger partial charge in [-0.05, 0) is 37.1 Å². The van der Waals surface area contributed by atoms with Crippen molar-refractivity contribution in [2.45, 2.75) is 24.9 Å². The fraction of sp³-hybridized carbons (Fsp3) is 0.500. The maximum Gasteiger partial charge on any atom is 0.0429 e. The number of nitrogens with zero attached hydrogens (tertiary/aromatic N) is 1. The Kier molecular flexibility index (Phi) is 4.23. The predicted molar refractivity (Wildman–Crippen MR) is 72.2 cm³/mol. The van der Waals surface area contributed by atoms with Crippen LogP contribution in [0.4, 0.5) is 5.69 Å². The Labute approximate surface area is 111 Å². The average Bonchev–Trinajstić information content (AvgIpc) is 2.73. The number of anilines is 1. The van der Waals surface area contributed by atoms with E-state index in [1.807, 2.05) is 24.3 Å². The van der Waals surface area contributed by atoms with Gasteiger partial charge in [-0.2, -0.15) is 0 Å². The molecule has 1 fully saturated rings. The Bertz CT molecular complexity index is 327. The molecule has 1 heterocycles. The highest BCUT2D eigenvalue weighted by Crippen LogP contribution is 2.32. The van der Waals surface area contributed by atoms with E-state index in [0.29, 0.717) is 23.8 Å². The van der Waals surface area contributed by atoms with Crippen LogP contribution in [0.5, 0.6) is 0 Å². The summed E-state index contributed by atoms with van der Waals surface area (Å²) in [5, 5.41) is 0.757. The van der Waals surface area contributed by atoms with Gasteiger partial charge >= 0.3 is 0 Å². The summed E-state index contributed by atoms with van der Waals surface area (Å²) in [6.07, 6.45) is 2.23. The number of hydrogen-bond donors (Lipinski definition) is 0. The lowest BCUT2D eigenvalue weighted by atomic mass is 10.2. The van der Waals surface area contributed by atoms with Crippen LogP contribution in [0.1, 0.15) is 12.8 Å². The van der Waals surface area contributed by atoms with Gasteiger partial charge in [0.25, 0.3) is 0 Å². The van der Waals surface area contributed by atoms with E-state index in [4.69, 9.17) is 34.8 Å². The van der Waals surface area contributed by atoms with Crippen molar-refractivity contribution in [2.75, 3.05) is 16.7 Å². The maximum absolute atomic E-state index is 6.00. The standard InChI is InChI=1S/C12H14Cl3N/c13-7-11-5-6-12(8-14)16(11)10-3-1-9(15)2-4-10/h1-4,11-12H,5-8H2. The van der Waals surface area contributed by atoms with E-state index in [1.165, 1.54) is 5.69 Å². The first-order valence-electron chi connectivity index (χ1n) is 5.42. The van der Waals surface area contributed by atoms with Crippen molar-refractivity contribution >= 4 is 40.5 Å². The lowest BCUT2D eigenvalue weighted by Gasteiger charge is -2.30. The molecule has 2 atom stereocenters. The third-order valence-corrected chi connectivity index (χ3v) is 4.07. The topological polar surface area (TPSA) is 3.24 Å². The Balaban J connectivity index is 2.24. The Morgan fingerprint density at radius 1 is 1.00 bits per heavy atom. The number of halogens is 3. The largest absolute Gasteiger partial charge is 0.363 e. The first kappa shape index (κ1) is 12.3. The first-order chi connectivity index (χ1) is 7.76. The van der Waals surface area contributed by atoms with Gasteiger partial charge in [-0.25, -0.2) is 0 Å². The highest BCUT2D eigenvalue weighted by molar-refractivity contribution is 6.30. The number of alkyl halides is 2. The lowest BCUT2D eigenvalue weighted by molar-refractivity contribution is 0.702. The second-order valence-electron chi connectivity index (χ2n) is 4.08. The Hall–Kier alpha value is -0.110. The van der Waals surface area contributed by atoms with E-state index in [2.05, 4.69) is 4.90 Å². The fourth-order valence-electron chi connectivity index (χ4n) is 2.30. The van der Waals surface area contributed by atoms with Gasteiger partial charge in [-0.15, -0.1) is 23.2 Å². The van der Waals surface area contributed by atoms with Crippen molar-refractivity contribution in [1.82, 2.24) is 0 Å². The van der Waals surface area contributed by atoms with Gasteiger partial charge in [0.05, 0.1) is 0 Å². The Morgan fingerprint density at radius 2 is 1.50 bits per heavy atom. The van der Waals surface area contributed by atoms with Crippen LogP contribution in [-0.4, -0.2) is 23.8 Å². The summed E-state index contributed by atoms with van der Waals surface area (Å²) in [5.74, 6) is 1.30. The molecule has 2 rings (SSSR count). The highest BCUT2D eigenvalue weighted by atomic mass is 35.5. The zero-order valence-electron chi connectivity index (χ0n) is 8.87. The summed E-state index contributed by atoms with van der Waals surface area (Å²) in [4.78, 5) is 2.33. The summed E-state index contributed by atoms with van der Waals surface area (Å²) in [6.45, 7) is 0. The molecule has 1 aliphatic rings. The molecule has 4 heteroatoms. The van der Waals surface area contributed by atoms with Gasteiger partial charge in [-0.3, -0.25) is 0 Å². The molecule has 1 aliphatic heterocycles. The summed E-state index contributed by atoms with van der Waals surface area (Å²) >= 11 is 17.9. The van der Waals surface area contributed by atoms with Crippen LogP contribution >= 0.6 is 34.8 Å². The molecular formula is C12H14Cl3N. The van der Waals surface area contributed by atoms with Gasteiger partial charge in [0, 0.05) is 34.6 Å². The summed E-state index contributed by atoms with van der Waals surface area (Å²) in [6, 6.07) is 8.68. The smallest absolute Gasteiger partial charge is 0.0429 e. The van der Waals surface area contributed by atoms with E-state index in [-0.39, 0.29) is 0 Å².